The molecule has 0 saturated carbocycles. The third-order valence-corrected chi connectivity index (χ3v) is 6.53. The van der Waals surface area contributed by atoms with E-state index < -0.39 is 40.2 Å². The highest BCUT2D eigenvalue weighted by Crippen LogP contribution is 2.41. The Morgan fingerprint density at radius 3 is 2.49 bits per heavy atom. The molecule has 2 aromatic carbocycles. The number of nitrogens with zero attached hydrogens (tertiary/aromatic N) is 4. The van der Waals surface area contributed by atoms with Gasteiger partial charge in [0.05, 0.1) is 10.9 Å². The van der Waals surface area contributed by atoms with Gasteiger partial charge in [-0.25, -0.2) is 18.4 Å². The van der Waals surface area contributed by atoms with Crippen molar-refractivity contribution in [1.82, 2.24) is 19.7 Å². The van der Waals surface area contributed by atoms with Gasteiger partial charge in [0.15, 0.2) is 23.0 Å². The molecule has 0 atom stereocenters. The van der Waals surface area contributed by atoms with Gasteiger partial charge in [0, 0.05) is 37.6 Å². The number of alkyl halides is 3. The maximum absolute atomic E-state index is 14.7. The van der Waals surface area contributed by atoms with Gasteiger partial charge < -0.3 is 15.2 Å². The topological polar surface area (TPSA) is 85.1 Å². The molecule has 12 heteroatoms. The molecule has 3 heterocycles. The fraction of sp³-hybridized carbons (Fsp3) is 0.320. The second kappa shape index (κ2) is 9.25. The molecule has 0 radical (unpaired) electrons. The maximum Gasteiger partial charge on any atom is 0.419 e. The summed E-state index contributed by atoms with van der Waals surface area (Å²) in [5.41, 5.74) is -1.84. The number of nitrogens with one attached hydrogen (secondary N) is 1. The van der Waals surface area contributed by atoms with E-state index in [1.165, 1.54) is 17.9 Å². The highest BCUT2D eigenvalue weighted by Gasteiger charge is 2.38. The molecule has 1 aliphatic rings. The van der Waals surface area contributed by atoms with Crippen LogP contribution in [0, 0.1) is 11.6 Å². The molecule has 4 aromatic rings. The first-order valence-corrected chi connectivity index (χ1v) is 11.5. The van der Waals surface area contributed by atoms with Crippen molar-refractivity contribution in [2.45, 2.75) is 31.0 Å². The summed E-state index contributed by atoms with van der Waals surface area (Å²) in [5, 5.41) is 17.4. The van der Waals surface area contributed by atoms with Gasteiger partial charge in [-0.3, -0.25) is 0 Å². The van der Waals surface area contributed by atoms with Crippen LogP contribution in [0.3, 0.4) is 0 Å². The summed E-state index contributed by atoms with van der Waals surface area (Å²) in [7, 11) is 1.49. The van der Waals surface area contributed by atoms with Crippen molar-refractivity contribution in [2.75, 3.05) is 18.5 Å². The van der Waals surface area contributed by atoms with Gasteiger partial charge in [0.25, 0.3) is 0 Å². The molecule has 5 rings (SSSR count). The maximum atomic E-state index is 14.7. The Balaban J connectivity index is 1.55. The van der Waals surface area contributed by atoms with Crippen LogP contribution in [0.15, 0.2) is 42.6 Å². The average Bonchev–Trinajstić information content (AvgIpc) is 3.18. The number of aromatic nitrogens is 4. The van der Waals surface area contributed by atoms with Gasteiger partial charge in [0.1, 0.15) is 5.69 Å². The van der Waals surface area contributed by atoms with Crippen LogP contribution in [-0.4, -0.2) is 43.6 Å². The van der Waals surface area contributed by atoms with Crippen LogP contribution in [0.4, 0.5) is 27.9 Å². The number of ether oxygens (including phenoxy) is 1. The van der Waals surface area contributed by atoms with E-state index in [2.05, 4.69) is 20.4 Å². The predicted octanol–water partition coefficient (Wildman–Crippen LogP) is 5.24. The minimum Gasteiger partial charge on any atom is -0.503 e. The average molecular weight is 519 g/mol. The normalized spacial score (nSPS) is 15.7. The molecule has 1 aliphatic heterocycles. The van der Waals surface area contributed by atoms with Gasteiger partial charge >= 0.3 is 6.18 Å². The number of anilines is 1. The van der Waals surface area contributed by atoms with Crippen LogP contribution in [0.25, 0.3) is 22.3 Å². The molecule has 0 bridgehead atoms. The number of halogens is 5. The minimum absolute atomic E-state index is 0.134. The van der Waals surface area contributed by atoms with Crippen molar-refractivity contribution in [3.8, 4) is 17.0 Å². The Bertz CT molecular complexity index is 1450. The fourth-order valence-corrected chi connectivity index (χ4v) is 4.63. The standard InChI is InChI=1S/C25H22F5N5O2/c1-35-22-16(20(34-35)15-11-17(25(28,29)30)19(27)21(36)18(15)26)13-31-23(32-22)33-24(7-9-37-10-8-24)12-14-5-3-2-4-6-14/h2-6,11,13,36H,7-10,12H2,1H3,(H,31,32,33). The quantitative estimate of drug-likeness (QED) is 0.351. The van der Waals surface area contributed by atoms with E-state index in [0.717, 1.165) is 5.56 Å². The van der Waals surface area contributed by atoms with E-state index >= 15 is 0 Å². The number of hydrogen-bond acceptors (Lipinski definition) is 6. The summed E-state index contributed by atoms with van der Waals surface area (Å²) >= 11 is 0. The van der Waals surface area contributed by atoms with Gasteiger partial charge in [-0.15, -0.1) is 0 Å². The Hall–Kier alpha value is -3.80. The Labute approximate surface area is 207 Å². The Morgan fingerprint density at radius 1 is 1.11 bits per heavy atom. The van der Waals surface area contributed by atoms with Crippen molar-refractivity contribution in [1.29, 1.82) is 0 Å². The van der Waals surface area contributed by atoms with Gasteiger partial charge in [-0.1, -0.05) is 30.3 Å². The molecule has 2 aromatic heterocycles. The molecule has 2 N–H and O–H groups in total. The van der Waals surface area contributed by atoms with Gasteiger partial charge in [-0.2, -0.15) is 23.3 Å². The molecule has 0 spiro atoms. The Morgan fingerprint density at radius 2 is 1.81 bits per heavy atom. The first-order chi connectivity index (χ1) is 17.6. The first kappa shape index (κ1) is 24.9. The van der Waals surface area contributed by atoms with Crippen LogP contribution in [0.5, 0.6) is 5.75 Å². The van der Waals surface area contributed by atoms with Crippen LogP contribution in [0.1, 0.15) is 24.0 Å². The number of aryl methyl sites for hydroxylation is 1. The van der Waals surface area contributed by atoms with Crippen LogP contribution < -0.4 is 5.32 Å². The predicted molar refractivity (Wildman–Crippen MR) is 125 cm³/mol. The number of aromatic hydroxyl groups is 1. The van der Waals surface area contributed by atoms with E-state index in [0.29, 0.717) is 32.5 Å². The zero-order valence-electron chi connectivity index (χ0n) is 19.6. The summed E-state index contributed by atoms with van der Waals surface area (Å²) in [4.78, 5) is 8.83. The number of rotatable bonds is 5. The monoisotopic (exact) mass is 519 g/mol. The van der Waals surface area contributed by atoms with Crippen LogP contribution >= 0.6 is 0 Å². The largest absolute Gasteiger partial charge is 0.503 e. The zero-order valence-corrected chi connectivity index (χ0v) is 19.6. The lowest BCUT2D eigenvalue weighted by Crippen LogP contribution is -2.46. The second-order valence-corrected chi connectivity index (χ2v) is 9.03. The number of benzene rings is 2. The number of phenols is 1. The highest BCUT2D eigenvalue weighted by atomic mass is 19.4. The Kier molecular flexibility index (Phi) is 6.22. The first-order valence-electron chi connectivity index (χ1n) is 11.5. The molecule has 7 nitrogen and oxygen atoms in total. The van der Waals surface area contributed by atoms with Gasteiger partial charge in [0.2, 0.25) is 5.95 Å². The molecular weight excluding hydrogens is 497 g/mol. The molecule has 1 fully saturated rings. The molecule has 0 amide bonds. The molecule has 0 aliphatic carbocycles. The van der Waals surface area contributed by atoms with Crippen LogP contribution in [0.2, 0.25) is 0 Å². The van der Waals surface area contributed by atoms with Crippen LogP contribution in [-0.2, 0) is 24.4 Å². The molecule has 194 valence electrons. The van der Waals surface area contributed by atoms with E-state index in [1.54, 1.807) is 0 Å². The minimum atomic E-state index is -5.15. The lowest BCUT2D eigenvalue weighted by molar-refractivity contribution is -0.140. The summed E-state index contributed by atoms with van der Waals surface area (Å²) in [5.74, 6) is -5.11. The van der Waals surface area contributed by atoms with Crippen molar-refractivity contribution < 1.29 is 31.8 Å². The van der Waals surface area contributed by atoms with E-state index in [-0.39, 0.29) is 28.7 Å². The lowest BCUT2D eigenvalue weighted by atomic mass is 9.84. The van der Waals surface area contributed by atoms with Crippen molar-refractivity contribution >= 4 is 17.0 Å². The van der Waals surface area contributed by atoms with Crippen molar-refractivity contribution in [3.63, 3.8) is 0 Å². The zero-order chi connectivity index (χ0) is 26.4. The van der Waals surface area contributed by atoms with E-state index in [4.69, 9.17) is 4.74 Å². The summed E-state index contributed by atoms with van der Waals surface area (Å²) in [6.45, 7) is 1.10. The fourth-order valence-electron chi connectivity index (χ4n) is 4.63. The van der Waals surface area contributed by atoms with Crippen molar-refractivity contribution in [2.24, 2.45) is 7.05 Å². The molecule has 37 heavy (non-hydrogen) atoms. The summed E-state index contributed by atoms with van der Waals surface area (Å²) < 4.78 is 75.4. The highest BCUT2D eigenvalue weighted by molar-refractivity contribution is 5.91. The SMILES string of the molecule is Cn1nc(-c2cc(C(F)(F)F)c(F)c(O)c2F)c2cnc(NC3(Cc4ccccc4)CCOCC3)nc21. The molecular formula is C25H22F5N5O2. The smallest absolute Gasteiger partial charge is 0.419 e. The summed E-state index contributed by atoms with van der Waals surface area (Å²) in [6, 6.07) is 10.2. The summed E-state index contributed by atoms with van der Waals surface area (Å²) in [6.07, 6.45) is -1.76. The van der Waals surface area contributed by atoms with E-state index in [9.17, 15) is 27.1 Å². The molecule has 1 saturated heterocycles. The number of phenolic OH excluding ortho intramolecular Hbond substituents is 1. The third kappa shape index (κ3) is 4.68. The number of hydrogen-bond donors (Lipinski definition) is 2. The molecule has 0 unspecified atom stereocenters. The third-order valence-electron chi connectivity index (χ3n) is 6.53. The van der Waals surface area contributed by atoms with Crippen molar-refractivity contribution in [3.05, 3.63) is 65.4 Å². The van der Waals surface area contributed by atoms with Gasteiger partial charge in [-0.05, 0) is 30.9 Å². The lowest BCUT2D eigenvalue weighted by Gasteiger charge is -2.38. The number of fused-ring (bicyclic) bond motifs is 1. The second-order valence-electron chi connectivity index (χ2n) is 9.03. The van der Waals surface area contributed by atoms with E-state index in [1.807, 2.05) is 30.3 Å².